The first-order valence-electron chi connectivity index (χ1n) is 9.82. The Morgan fingerprint density at radius 3 is 2.84 bits per heavy atom. The second-order valence-corrected chi connectivity index (χ2v) is 7.77. The molecule has 0 spiro atoms. The Balaban J connectivity index is 1.73. The van der Waals surface area contributed by atoms with Crippen molar-refractivity contribution in [2.24, 2.45) is 0 Å². The molecule has 2 N–H and O–H groups in total. The number of nitrogens with zero attached hydrogens (tertiary/aromatic N) is 5. The van der Waals surface area contributed by atoms with E-state index in [1.165, 1.54) is 29.4 Å². The lowest BCUT2D eigenvalue weighted by Crippen LogP contribution is -2.28. The number of H-pyrrole nitrogens is 1. The molecule has 10 heteroatoms. The Morgan fingerprint density at radius 1 is 1.19 bits per heavy atom. The van der Waals surface area contributed by atoms with Gasteiger partial charge < -0.3 is 10.3 Å². The van der Waals surface area contributed by atoms with Gasteiger partial charge in [0.1, 0.15) is 28.9 Å². The summed E-state index contributed by atoms with van der Waals surface area (Å²) in [7, 11) is 0. The van der Waals surface area contributed by atoms with Crippen molar-refractivity contribution >= 4 is 39.5 Å². The van der Waals surface area contributed by atoms with E-state index in [2.05, 4.69) is 30.2 Å². The molecule has 0 bridgehead atoms. The zero-order valence-corrected chi connectivity index (χ0v) is 17.9. The molecule has 3 aromatic heterocycles. The molecule has 32 heavy (non-hydrogen) atoms. The molecule has 0 fully saturated rings. The average Bonchev–Trinajstić information content (AvgIpc) is 3.25. The highest BCUT2D eigenvalue weighted by Gasteiger charge is 2.21. The Labute approximate surface area is 186 Å². The second kappa shape index (κ2) is 7.69. The molecule has 1 unspecified atom stereocenters. The van der Waals surface area contributed by atoms with Gasteiger partial charge in [0.15, 0.2) is 11.5 Å². The van der Waals surface area contributed by atoms with Gasteiger partial charge >= 0.3 is 0 Å². The fourth-order valence-corrected chi connectivity index (χ4v) is 3.79. The van der Waals surface area contributed by atoms with Crippen LogP contribution in [0.1, 0.15) is 24.4 Å². The molecule has 5 rings (SSSR count). The monoisotopic (exact) mass is 449 g/mol. The lowest BCUT2D eigenvalue weighted by molar-refractivity contribution is 0.635. The quantitative estimate of drug-likeness (QED) is 0.423. The normalized spacial score (nSPS) is 12.4. The van der Waals surface area contributed by atoms with Crippen molar-refractivity contribution in [3.8, 4) is 5.69 Å². The molecular formula is C22H17ClFN7O. The van der Waals surface area contributed by atoms with Crippen molar-refractivity contribution in [1.82, 2.24) is 29.5 Å². The van der Waals surface area contributed by atoms with Crippen molar-refractivity contribution in [1.29, 1.82) is 0 Å². The van der Waals surface area contributed by atoms with E-state index >= 15 is 0 Å². The number of benzene rings is 2. The second-order valence-electron chi connectivity index (χ2n) is 7.37. The number of hydrogen-bond donors (Lipinski definition) is 2. The predicted octanol–water partition coefficient (Wildman–Crippen LogP) is 4.33. The van der Waals surface area contributed by atoms with Gasteiger partial charge in [-0.2, -0.15) is 0 Å². The van der Waals surface area contributed by atoms with Gasteiger partial charge in [0.05, 0.1) is 23.6 Å². The minimum atomic E-state index is -0.630. The maximum atomic E-state index is 14.6. The first-order valence-corrected chi connectivity index (χ1v) is 10.2. The third kappa shape index (κ3) is 3.27. The zero-order valence-electron chi connectivity index (χ0n) is 17.1. The van der Waals surface area contributed by atoms with E-state index < -0.39 is 17.4 Å². The first-order chi connectivity index (χ1) is 15.4. The van der Waals surface area contributed by atoms with Gasteiger partial charge in [-0.05, 0) is 43.7 Å². The molecule has 8 nitrogen and oxygen atoms in total. The SMILES string of the molecule is Cc1ccc(-n2c(C(C)Nc3ncnc4nc[nH]c34)nc3cccc(F)c3c2=O)cc1Cl. The van der Waals surface area contributed by atoms with Crippen LogP contribution in [-0.2, 0) is 0 Å². The first kappa shape index (κ1) is 20.1. The van der Waals surface area contributed by atoms with E-state index in [1.807, 2.05) is 13.8 Å². The molecule has 0 amide bonds. The summed E-state index contributed by atoms with van der Waals surface area (Å²) in [5.41, 5.74) is 2.22. The number of halogens is 2. The number of aromatic amines is 1. The van der Waals surface area contributed by atoms with Crippen LogP contribution in [0.15, 0.2) is 53.8 Å². The molecular weight excluding hydrogens is 433 g/mol. The minimum absolute atomic E-state index is 0.0851. The molecule has 5 aromatic rings. The van der Waals surface area contributed by atoms with Crippen molar-refractivity contribution in [2.75, 3.05) is 5.32 Å². The highest BCUT2D eigenvalue weighted by atomic mass is 35.5. The Bertz CT molecular complexity index is 1550. The third-order valence-electron chi connectivity index (χ3n) is 5.25. The molecule has 0 saturated heterocycles. The summed E-state index contributed by atoms with van der Waals surface area (Å²) in [6.07, 6.45) is 2.92. The number of aromatic nitrogens is 6. The number of aryl methyl sites for hydroxylation is 1. The van der Waals surface area contributed by atoms with Crippen molar-refractivity contribution in [3.05, 3.63) is 81.6 Å². The summed E-state index contributed by atoms with van der Waals surface area (Å²) in [6, 6.07) is 9.12. The summed E-state index contributed by atoms with van der Waals surface area (Å²) < 4.78 is 16.0. The molecule has 0 aliphatic heterocycles. The fraction of sp³-hybridized carbons (Fsp3) is 0.136. The van der Waals surface area contributed by atoms with Gasteiger partial charge in [0.25, 0.3) is 5.56 Å². The Kier molecular flexibility index (Phi) is 4.82. The van der Waals surface area contributed by atoms with Crippen LogP contribution in [0.3, 0.4) is 0 Å². The lowest BCUT2D eigenvalue weighted by atomic mass is 10.1. The smallest absolute Gasteiger partial charge is 0.269 e. The molecule has 3 heterocycles. The summed E-state index contributed by atoms with van der Waals surface area (Å²) >= 11 is 6.33. The van der Waals surface area contributed by atoms with Crippen LogP contribution in [0.2, 0.25) is 5.02 Å². The van der Waals surface area contributed by atoms with Gasteiger partial charge in [0.2, 0.25) is 0 Å². The van der Waals surface area contributed by atoms with Crippen LogP contribution >= 0.6 is 11.6 Å². The number of rotatable bonds is 4. The predicted molar refractivity (Wildman–Crippen MR) is 121 cm³/mol. The van der Waals surface area contributed by atoms with Crippen LogP contribution in [0.5, 0.6) is 0 Å². The number of imidazole rings is 1. The van der Waals surface area contributed by atoms with Crippen molar-refractivity contribution in [3.63, 3.8) is 0 Å². The maximum absolute atomic E-state index is 14.6. The van der Waals surface area contributed by atoms with Gasteiger partial charge in [0, 0.05) is 5.02 Å². The molecule has 0 aliphatic carbocycles. The van der Waals surface area contributed by atoms with E-state index in [-0.39, 0.29) is 10.9 Å². The van der Waals surface area contributed by atoms with Crippen LogP contribution in [0.4, 0.5) is 10.2 Å². The van der Waals surface area contributed by atoms with E-state index in [0.29, 0.717) is 33.5 Å². The van der Waals surface area contributed by atoms with Gasteiger partial charge in [-0.15, -0.1) is 0 Å². The van der Waals surface area contributed by atoms with Crippen LogP contribution in [0.25, 0.3) is 27.8 Å². The number of anilines is 1. The van der Waals surface area contributed by atoms with E-state index in [9.17, 15) is 9.18 Å². The molecule has 0 aliphatic rings. The van der Waals surface area contributed by atoms with Gasteiger partial charge in [-0.1, -0.05) is 23.7 Å². The van der Waals surface area contributed by atoms with Gasteiger partial charge in [-0.25, -0.2) is 24.3 Å². The van der Waals surface area contributed by atoms with E-state index in [0.717, 1.165) is 5.56 Å². The Morgan fingerprint density at radius 2 is 2.03 bits per heavy atom. The summed E-state index contributed by atoms with van der Waals surface area (Å²) in [6.45, 7) is 3.70. The third-order valence-corrected chi connectivity index (χ3v) is 5.66. The fourth-order valence-electron chi connectivity index (χ4n) is 3.61. The van der Waals surface area contributed by atoms with Crippen molar-refractivity contribution < 1.29 is 4.39 Å². The molecule has 0 saturated carbocycles. The Hall–Kier alpha value is -3.85. The summed E-state index contributed by atoms with van der Waals surface area (Å²) in [4.78, 5) is 33.6. The van der Waals surface area contributed by atoms with Crippen molar-refractivity contribution in [2.45, 2.75) is 19.9 Å². The molecule has 1 atom stereocenters. The summed E-state index contributed by atoms with van der Waals surface area (Å²) in [5.74, 6) is 0.246. The lowest BCUT2D eigenvalue weighted by Gasteiger charge is -2.20. The highest BCUT2D eigenvalue weighted by Crippen LogP contribution is 2.26. The highest BCUT2D eigenvalue weighted by molar-refractivity contribution is 6.31. The van der Waals surface area contributed by atoms with E-state index in [4.69, 9.17) is 11.6 Å². The van der Waals surface area contributed by atoms with Gasteiger partial charge in [-0.3, -0.25) is 9.36 Å². The number of nitrogens with one attached hydrogen (secondary N) is 2. The number of fused-ring (bicyclic) bond motifs is 2. The molecule has 160 valence electrons. The maximum Gasteiger partial charge on any atom is 0.269 e. The van der Waals surface area contributed by atoms with Crippen LogP contribution < -0.4 is 10.9 Å². The minimum Gasteiger partial charge on any atom is -0.358 e. The number of hydrogen-bond acceptors (Lipinski definition) is 6. The summed E-state index contributed by atoms with van der Waals surface area (Å²) in [5, 5.41) is 3.66. The van der Waals surface area contributed by atoms with Crippen LogP contribution in [0, 0.1) is 12.7 Å². The molecule has 0 radical (unpaired) electrons. The van der Waals surface area contributed by atoms with Crippen LogP contribution in [-0.4, -0.2) is 29.5 Å². The average molecular weight is 450 g/mol. The standard InChI is InChI=1S/C22H17ClFN7O/c1-11-6-7-13(8-14(11)23)31-21(30-16-5-3-4-15(24)17(16)22(31)32)12(2)29-20-18-19(26-9-25-18)27-10-28-20/h3-10,12H,1-2H3,(H2,25,26,27,28,29). The zero-order chi connectivity index (χ0) is 22.4. The molecule has 2 aromatic carbocycles. The van der Waals surface area contributed by atoms with E-state index in [1.54, 1.807) is 24.3 Å². The topological polar surface area (TPSA) is 101 Å². The largest absolute Gasteiger partial charge is 0.358 e.